The molecule has 0 aromatic heterocycles. The molecule has 0 saturated heterocycles. The van der Waals surface area contributed by atoms with Gasteiger partial charge in [-0.15, -0.1) is 0 Å². The quantitative estimate of drug-likeness (QED) is 0.672. The molecule has 2 heteroatoms. The van der Waals surface area contributed by atoms with E-state index in [4.69, 9.17) is 5.11 Å². The molecule has 0 heterocycles. The summed E-state index contributed by atoms with van der Waals surface area (Å²) in [5.41, 5.74) is 0.636. The fraction of sp³-hybridized carbons (Fsp3) is 0.909. The minimum atomic E-state index is -0.554. The lowest BCUT2D eigenvalue weighted by atomic mass is 9.52. The van der Waals surface area contributed by atoms with Crippen LogP contribution in [-0.4, -0.2) is 11.1 Å². The molecule has 13 heavy (non-hydrogen) atoms. The molecular weight excluding hydrogens is 164 g/mol. The summed E-state index contributed by atoms with van der Waals surface area (Å²) in [6.45, 7) is 0. The highest BCUT2D eigenvalue weighted by atomic mass is 16.4. The first-order chi connectivity index (χ1) is 6.21. The van der Waals surface area contributed by atoms with Gasteiger partial charge in [0.25, 0.3) is 0 Å². The SMILES string of the molecule is O=C(O)C1CCC23CCC(C2)C3C1. The topological polar surface area (TPSA) is 37.3 Å². The Kier molecular flexibility index (Phi) is 1.38. The second kappa shape index (κ2) is 2.28. The molecule has 2 bridgehead atoms. The van der Waals surface area contributed by atoms with Gasteiger partial charge in [0.2, 0.25) is 0 Å². The molecule has 4 aliphatic rings. The highest BCUT2D eigenvalue weighted by Gasteiger charge is 2.60. The van der Waals surface area contributed by atoms with Gasteiger partial charge in [-0.25, -0.2) is 0 Å². The molecule has 2 nitrogen and oxygen atoms in total. The van der Waals surface area contributed by atoms with E-state index in [0.717, 1.165) is 24.7 Å². The summed E-state index contributed by atoms with van der Waals surface area (Å²) in [4.78, 5) is 10.9. The smallest absolute Gasteiger partial charge is 0.306 e. The maximum absolute atomic E-state index is 10.9. The molecule has 0 aromatic carbocycles. The van der Waals surface area contributed by atoms with E-state index in [9.17, 15) is 4.79 Å². The number of hydrogen-bond donors (Lipinski definition) is 1. The Labute approximate surface area is 78.3 Å². The monoisotopic (exact) mass is 180 g/mol. The molecule has 0 aliphatic heterocycles. The van der Waals surface area contributed by atoms with Crippen LogP contribution in [0, 0.1) is 23.2 Å². The van der Waals surface area contributed by atoms with Gasteiger partial charge in [0.05, 0.1) is 5.92 Å². The number of carboxylic acid groups (broad SMARTS) is 1. The minimum Gasteiger partial charge on any atom is -0.481 e. The molecule has 4 fully saturated rings. The van der Waals surface area contributed by atoms with Crippen LogP contribution in [-0.2, 0) is 4.79 Å². The number of carboxylic acids is 1. The van der Waals surface area contributed by atoms with Crippen molar-refractivity contribution in [3.8, 4) is 0 Å². The van der Waals surface area contributed by atoms with Gasteiger partial charge >= 0.3 is 5.97 Å². The van der Waals surface area contributed by atoms with E-state index < -0.39 is 5.97 Å². The maximum atomic E-state index is 10.9. The van der Waals surface area contributed by atoms with E-state index in [2.05, 4.69) is 0 Å². The van der Waals surface area contributed by atoms with Crippen molar-refractivity contribution in [1.82, 2.24) is 0 Å². The maximum Gasteiger partial charge on any atom is 0.306 e. The molecule has 4 atom stereocenters. The Balaban J connectivity index is 1.77. The van der Waals surface area contributed by atoms with Crippen LogP contribution in [0.4, 0.5) is 0 Å². The zero-order chi connectivity index (χ0) is 9.05. The van der Waals surface area contributed by atoms with Gasteiger partial charge in [-0.1, -0.05) is 0 Å². The standard InChI is InChI=1S/C11H16O2/c12-10(13)7-1-3-11-4-2-8(6-11)9(11)5-7/h7-9H,1-6H2,(H,12,13). The van der Waals surface area contributed by atoms with E-state index in [0.29, 0.717) is 5.41 Å². The average molecular weight is 180 g/mol. The highest BCUT2D eigenvalue weighted by molar-refractivity contribution is 5.70. The van der Waals surface area contributed by atoms with Crippen molar-refractivity contribution in [2.45, 2.75) is 38.5 Å². The van der Waals surface area contributed by atoms with Crippen LogP contribution in [0.1, 0.15) is 38.5 Å². The molecule has 4 aliphatic carbocycles. The third-order valence-electron chi connectivity index (χ3n) is 4.92. The Bertz CT molecular complexity index is 257. The first kappa shape index (κ1) is 7.84. The van der Waals surface area contributed by atoms with E-state index in [1.165, 1.54) is 25.7 Å². The summed E-state index contributed by atoms with van der Waals surface area (Å²) in [5.74, 6) is 1.13. The summed E-state index contributed by atoms with van der Waals surface area (Å²) < 4.78 is 0. The van der Waals surface area contributed by atoms with Gasteiger partial charge in [0, 0.05) is 0 Å². The van der Waals surface area contributed by atoms with Crippen molar-refractivity contribution in [2.24, 2.45) is 23.2 Å². The Morgan fingerprint density at radius 2 is 2.08 bits per heavy atom. The summed E-state index contributed by atoms with van der Waals surface area (Å²) in [5, 5.41) is 8.96. The van der Waals surface area contributed by atoms with E-state index >= 15 is 0 Å². The fourth-order valence-corrected chi connectivity index (χ4v) is 4.18. The predicted molar refractivity (Wildman–Crippen MR) is 48.2 cm³/mol. The number of rotatable bonds is 1. The first-order valence-electron chi connectivity index (χ1n) is 5.44. The summed E-state index contributed by atoms with van der Waals surface area (Å²) in [7, 11) is 0. The van der Waals surface area contributed by atoms with Crippen LogP contribution in [0.5, 0.6) is 0 Å². The number of carbonyl (C=O) groups is 1. The van der Waals surface area contributed by atoms with Crippen LogP contribution in [0.25, 0.3) is 0 Å². The van der Waals surface area contributed by atoms with Gasteiger partial charge in [0.1, 0.15) is 0 Å². The van der Waals surface area contributed by atoms with Gasteiger partial charge < -0.3 is 5.11 Å². The van der Waals surface area contributed by atoms with Crippen LogP contribution in [0.3, 0.4) is 0 Å². The summed E-state index contributed by atoms with van der Waals surface area (Å²) in [6.07, 6.45) is 7.33. The lowest BCUT2D eigenvalue weighted by Crippen LogP contribution is -2.45. The van der Waals surface area contributed by atoms with Gasteiger partial charge in [-0.2, -0.15) is 0 Å². The third-order valence-corrected chi connectivity index (χ3v) is 4.92. The molecule has 1 N–H and O–H groups in total. The fourth-order valence-electron chi connectivity index (χ4n) is 4.18. The minimum absolute atomic E-state index is 0.0148. The number of fused-ring (bicyclic) bond motifs is 1. The number of aliphatic carboxylic acids is 1. The molecule has 4 unspecified atom stereocenters. The first-order valence-corrected chi connectivity index (χ1v) is 5.44. The van der Waals surface area contributed by atoms with Gasteiger partial charge in [-0.05, 0) is 55.8 Å². The molecule has 4 rings (SSSR count). The van der Waals surface area contributed by atoms with E-state index in [-0.39, 0.29) is 5.92 Å². The van der Waals surface area contributed by atoms with Crippen molar-refractivity contribution < 1.29 is 9.90 Å². The lowest BCUT2D eigenvalue weighted by molar-refractivity contribution is -0.147. The zero-order valence-corrected chi connectivity index (χ0v) is 7.83. The largest absolute Gasteiger partial charge is 0.481 e. The molecule has 1 spiro atoms. The van der Waals surface area contributed by atoms with Crippen LogP contribution in [0.2, 0.25) is 0 Å². The van der Waals surface area contributed by atoms with Crippen molar-refractivity contribution >= 4 is 5.97 Å². The molecule has 4 saturated carbocycles. The number of hydrogen-bond acceptors (Lipinski definition) is 1. The Hall–Kier alpha value is -0.530. The highest BCUT2D eigenvalue weighted by Crippen LogP contribution is 2.69. The van der Waals surface area contributed by atoms with Crippen LogP contribution in [0.15, 0.2) is 0 Å². The normalized spacial score (nSPS) is 52.5. The van der Waals surface area contributed by atoms with Crippen LogP contribution >= 0.6 is 0 Å². The van der Waals surface area contributed by atoms with Crippen molar-refractivity contribution in [2.75, 3.05) is 0 Å². The second-order valence-electron chi connectivity index (χ2n) is 5.28. The van der Waals surface area contributed by atoms with Crippen LogP contribution < -0.4 is 0 Å². The lowest BCUT2D eigenvalue weighted by Gasteiger charge is -2.52. The van der Waals surface area contributed by atoms with Crippen molar-refractivity contribution in [1.29, 1.82) is 0 Å². The molecule has 72 valence electrons. The van der Waals surface area contributed by atoms with E-state index in [1.54, 1.807) is 0 Å². The molecule has 0 aromatic rings. The van der Waals surface area contributed by atoms with Gasteiger partial charge in [-0.3, -0.25) is 4.79 Å². The molecule has 0 radical (unpaired) electrons. The zero-order valence-electron chi connectivity index (χ0n) is 7.83. The van der Waals surface area contributed by atoms with Gasteiger partial charge in [0.15, 0.2) is 0 Å². The summed E-state index contributed by atoms with van der Waals surface area (Å²) in [6, 6.07) is 0. The second-order valence-corrected chi connectivity index (χ2v) is 5.28. The Morgan fingerprint density at radius 3 is 2.77 bits per heavy atom. The Morgan fingerprint density at radius 1 is 1.31 bits per heavy atom. The predicted octanol–water partition coefficient (Wildman–Crippen LogP) is 2.29. The molecule has 0 amide bonds. The molecular formula is C11H16O2. The average Bonchev–Trinajstić information content (AvgIpc) is 2.61. The van der Waals surface area contributed by atoms with Crippen molar-refractivity contribution in [3.05, 3.63) is 0 Å². The van der Waals surface area contributed by atoms with E-state index in [1.807, 2.05) is 0 Å². The third kappa shape index (κ3) is 0.866. The summed E-state index contributed by atoms with van der Waals surface area (Å²) >= 11 is 0. The van der Waals surface area contributed by atoms with Crippen molar-refractivity contribution in [3.63, 3.8) is 0 Å².